The Morgan fingerprint density at radius 2 is 1.34 bits per heavy atom. The number of quaternary nitrogens is 1. The summed E-state index contributed by atoms with van der Waals surface area (Å²) >= 11 is 5.59. The predicted octanol–water partition coefficient (Wildman–Crippen LogP) is 6.24. The average Bonchev–Trinajstić information content (AvgIpc) is 3.08. The number of carbonyl (C=O) groups excluding carboxylic acids is 2. The lowest BCUT2D eigenvalue weighted by Gasteiger charge is -2.46. The summed E-state index contributed by atoms with van der Waals surface area (Å²) in [4.78, 5) is 24.1. The molecule has 0 bridgehead atoms. The number of rotatable bonds is 20. The summed E-state index contributed by atoms with van der Waals surface area (Å²) in [5.74, 6) is 3.20. The molecule has 0 aromatic heterocycles. The van der Waals surface area contributed by atoms with Crippen LogP contribution in [0, 0.1) is 0 Å². The monoisotopic (exact) mass is 676 g/mol. The van der Waals surface area contributed by atoms with Crippen LogP contribution in [0.2, 0.25) is 0 Å². The minimum Gasteiger partial charge on any atom is -0.493 e. The van der Waals surface area contributed by atoms with E-state index in [1.165, 1.54) is 11.1 Å². The van der Waals surface area contributed by atoms with Crippen LogP contribution in [0.1, 0.15) is 61.3 Å². The lowest BCUT2D eigenvalue weighted by Crippen LogP contribution is -2.52. The Kier molecular flexibility index (Phi) is 15.5. The van der Waals surface area contributed by atoms with Crippen molar-refractivity contribution in [3.8, 4) is 28.7 Å². The number of ether oxygens (including phenoxy) is 7. The van der Waals surface area contributed by atoms with Crippen LogP contribution in [0.15, 0.2) is 36.4 Å². The Hall–Kier alpha value is -3.63. The number of hydrogen-bond donors (Lipinski definition) is 0. The van der Waals surface area contributed by atoms with E-state index in [-0.39, 0.29) is 18.0 Å². The minimum atomic E-state index is -0.239. The largest absolute Gasteiger partial charge is 0.493 e. The van der Waals surface area contributed by atoms with E-state index in [2.05, 4.69) is 19.2 Å². The number of halogens is 1. The predicted molar refractivity (Wildman–Crippen MR) is 181 cm³/mol. The van der Waals surface area contributed by atoms with Crippen molar-refractivity contribution in [2.45, 2.75) is 57.4 Å². The van der Waals surface area contributed by atoms with Crippen LogP contribution in [-0.2, 0) is 31.9 Å². The SMILES string of the molecule is COc1cc2c(cc1OC)[C@@H](Cc1cc(OC)c(OC)c(OC)c1)[N+](C)(CCCOC(=O)CC/C=C/CCC(=O)OCCCCl)CC2. The van der Waals surface area contributed by atoms with Gasteiger partial charge in [0, 0.05) is 43.5 Å². The third-order valence-electron chi connectivity index (χ3n) is 8.62. The molecule has 0 fully saturated rings. The van der Waals surface area contributed by atoms with Gasteiger partial charge in [0.15, 0.2) is 23.0 Å². The summed E-state index contributed by atoms with van der Waals surface area (Å²) in [7, 11) is 10.4. The fraction of sp³-hybridized carbons (Fsp3) is 0.556. The van der Waals surface area contributed by atoms with Crippen molar-refractivity contribution in [3.05, 3.63) is 53.1 Å². The molecule has 0 saturated carbocycles. The van der Waals surface area contributed by atoms with Crippen molar-refractivity contribution >= 4 is 23.5 Å². The van der Waals surface area contributed by atoms with Crippen LogP contribution in [0.25, 0.3) is 0 Å². The van der Waals surface area contributed by atoms with Crippen LogP contribution < -0.4 is 23.7 Å². The maximum Gasteiger partial charge on any atom is 0.306 e. The Balaban J connectivity index is 1.65. The summed E-state index contributed by atoms with van der Waals surface area (Å²) in [6.07, 6.45) is 8.51. The lowest BCUT2D eigenvalue weighted by atomic mass is 9.86. The van der Waals surface area contributed by atoms with Crippen molar-refractivity contribution in [3.63, 3.8) is 0 Å². The number of carbonyl (C=O) groups is 2. The molecular formula is C36H51ClNO9+. The maximum absolute atomic E-state index is 12.4. The number of esters is 2. The molecule has 11 heteroatoms. The van der Waals surface area contributed by atoms with Gasteiger partial charge in [-0.15, -0.1) is 11.6 Å². The summed E-state index contributed by atoms with van der Waals surface area (Å²) in [5, 5.41) is 0. The topological polar surface area (TPSA) is 98.8 Å². The van der Waals surface area contributed by atoms with Gasteiger partial charge in [-0.25, -0.2) is 0 Å². The zero-order valence-electron chi connectivity index (χ0n) is 28.7. The second-order valence-corrected chi connectivity index (χ2v) is 12.1. The number of allylic oxidation sites excluding steroid dienone is 2. The van der Waals surface area contributed by atoms with Crippen LogP contribution in [-0.4, -0.2) is 91.2 Å². The number of alkyl halides is 1. The quantitative estimate of drug-likeness (QED) is 0.0531. The normalized spacial score (nSPS) is 17.1. The van der Waals surface area contributed by atoms with Gasteiger partial charge in [-0.1, -0.05) is 12.2 Å². The van der Waals surface area contributed by atoms with E-state index in [0.717, 1.165) is 41.7 Å². The zero-order chi connectivity index (χ0) is 34.2. The maximum atomic E-state index is 12.4. The van der Waals surface area contributed by atoms with E-state index >= 15 is 0 Å². The molecule has 0 spiro atoms. The van der Waals surface area contributed by atoms with Crippen molar-refractivity contribution in [1.82, 2.24) is 0 Å². The third kappa shape index (κ3) is 10.7. The number of likely N-dealkylation sites (N-methyl/N-ethyl adjacent to an activating group) is 1. The van der Waals surface area contributed by atoms with Gasteiger partial charge in [-0.2, -0.15) is 0 Å². The number of fused-ring (bicyclic) bond motifs is 1. The Bertz CT molecular complexity index is 1320. The molecule has 0 aliphatic carbocycles. The van der Waals surface area contributed by atoms with Gasteiger partial charge in [0.25, 0.3) is 0 Å². The number of methoxy groups -OCH3 is 5. The minimum absolute atomic E-state index is 0.0832. The first-order chi connectivity index (χ1) is 22.7. The van der Waals surface area contributed by atoms with Gasteiger partial charge >= 0.3 is 11.9 Å². The first-order valence-electron chi connectivity index (χ1n) is 16.1. The van der Waals surface area contributed by atoms with Gasteiger partial charge in [-0.3, -0.25) is 9.59 Å². The molecule has 3 rings (SSSR count). The molecular weight excluding hydrogens is 626 g/mol. The number of nitrogens with zero attached hydrogens (tertiary/aromatic N) is 1. The second-order valence-electron chi connectivity index (χ2n) is 11.7. The highest BCUT2D eigenvalue weighted by molar-refractivity contribution is 6.17. The highest BCUT2D eigenvalue weighted by atomic mass is 35.5. The summed E-state index contributed by atoms with van der Waals surface area (Å²) < 4.78 is 39.6. The molecule has 10 nitrogen and oxygen atoms in total. The average molecular weight is 677 g/mol. The standard InChI is InChI=1S/C36H51ClNO9/c1-38(17-12-20-47-35(40)14-10-8-7-9-13-34(39)46-19-11-16-37)18-15-27-24-30(41-2)31(42-3)25-28(27)29(38)21-26-22-32(43-4)36(45-6)33(23-26)44-5/h7-8,22-25,29H,9-21H2,1-6H3/q+1/b8-7+/t29-,38?/m1/s1. The Morgan fingerprint density at radius 1 is 0.787 bits per heavy atom. The Labute approximate surface area is 284 Å². The van der Waals surface area contributed by atoms with Gasteiger partial charge in [0.1, 0.15) is 6.04 Å². The van der Waals surface area contributed by atoms with E-state index < -0.39 is 0 Å². The number of benzene rings is 2. The first kappa shape index (κ1) is 37.8. The second kappa shape index (κ2) is 19.3. The molecule has 0 N–H and O–H groups in total. The van der Waals surface area contributed by atoms with Crippen LogP contribution in [0.3, 0.4) is 0 Å². The molecule has 0 radical (unpaired) electrons. The summed E-state index contributed by atoms with van der Waals surface area (Å²) in [5.41, 5.74) is 3.50. The highest BCUT2D eigenvalue weighted by Gasteiger charge is 2.40. The fourth-order valence-electron chi connectivity index (χ4n) is 6.04. The van der Waals surface area contributed by atoms with Gasteiger partial charge < -0.3 is 37.6 Å². The molecule has 1 aliphatic rings. The van der Waals surface area contributed by atoms with E-state index in [9.17, 15) is 9.59 Å². The molecule has 0 amide bonds. The lowest BCUT2D eigenvalue weighted by molar-refractivity contribution is -0.941. The van der Waals surface area contributed by atoms with Crippen LogP contribution >= 0.6 is 11.6 Å². The molecule has 1 aliphatic heterocycles. The fourth-order valence-corrected chi connectivity index (χ4v) is 6.15. The molecule has 2 atom stereocenters. The molecule has 2 aromatic rings. The summed E-state index contributed by atoms with van der Waals surface area (Å²) in [6.45, 7) is 2.43. The molecule has 260 valence electrons. The van der Waals surface area contributed by atoms with E-state index in [1.807, 2.05) is 24.3 Å². The van der Waals surface area contributed by atoms with Crippen LogP contribution in [0.5, 0.6) is 28.7 Å². The zero-order valence-corrected chi connectivity index (χ0v) is 29.5. The first-order valence-corrected chi connectivity index (χ1v) is 16.7. The van der Waals surface area contributed by atoms with Gasteiger partial charge in [0.2, 0.25) is 5.75 Å². The Morgan fingerprint density at radius 3 is 1.87 bits per heavy atom. The van der Waals surface area contributed by atoms with Gasteiger partial charge in [0.05, 0.1) is 68.9 Å². The van der Waals surface area contributed by atoms with Crippen molar-refractivity contribution in [1.29, 1.82) is 0 Å². The smallest absolute Gasteiger partial charge is 0.306 e. The molecule has 1 unspecified atom stereocenters. The third-order valence-corrected chi connectivity index (χ3v) is 8.88. The molecule has 47 heavy (non-hydrogen) atoms. The van der Waals surface area contributed by atoms with E-state index in [0.29, 0.717) is 80.6 Å². The molecule has 0 saturated heterocycles. The van der Waals surface area contributed by atoms with Crippen molar-refractivity contribution < 1.29 is 47.2 Å². The van der Waals surface area contributed by atoms with Crippen LogP contribution in [0.4, 0.5) is 0 Å². The van der Waals surface area contributed by atoms with Crippen molar-refractivity contribution in [2.75, 3.05) is 74.8 Å². The highest BCUT2D eigenvalue weighted by Crippen LogP contribution is 2.44. The van der Waals surface area contributed by atoms with Crippen molar-refractivity contribution in [2.24, 2.45) is 0 Å². The van der Waals surface area contributed by atoms with Gasteiger partial charge in [-0.05, 0) is 54.7 Å². The molecule has 1 heterocycles. The number of hydrogen-bond acceptors (Lipinski definition) is 9. The summed E-state index contributed by atoms with van der Waals surface area (Å²) in [6, 6.07) is 8.28. The van der Waals surface area contributed by atoms with E-state index in [1.54, 1.807) is 35.5 Å². The van der Waals surface area contributed by atoms with E-state index in [4.69, 9.17) is 44.8 Å². The molecule has 2 aromatic carbocycles.